The molecule has 0 spiro atoms. The van der Waals surface area contributed by atoms with E-state index in [1.165, 1.54) is 37.2 Å². The Morgan fingerprint density at radius 3 is 2.32 bits per heavy atom. The molecule has 6 heteroatoms. The van der Waals surface area contributed by atoms with E-state index in [9.17, 15) is 0 Å². The first-order chi connectivity index (χ1) is 12.9. The van der Waals surface area contributed by atoms with Crippen LogP contribution in [-0.2, 0) is 0 Å². The van der Waals surface area contributed by atoms with Crippen molar-refractivity contribution < 1.29 is 0 Å². The molecule has 0 aromatic heterocycles. The highest BCUT2D eigenvalue weighted by Gasteiger charge is 2.15. The zero-order chi connectivity index (χ0) is 19.8. The van der Waals surface area contributed by atoms with E-state index in [1.807, 2.05) is 7.05 Å². The molecule has 0 saturated carbocycles. The molecule has 1 heterocycles. The molecular formula is C22H40IN5. The first-order valence-corrected chi connectivity index (χ1v) is 10.5. The van der Waals surface area contributed by atoms with Gasteiger partial charge in [-0.25, -0.2) is 0 Å². The third-order valence-corrected chi connectivity index (χ3v) is 5.41. The minimum atomic E-state index is 0. The van der Waals surface area contributed by atoms with Crippen molar-refractivity contribution in [3.63, 3.8) is 0 Å². The lowest BCUT2D eigenvalue weighted by atomic mass is 10.1. The van der Waals surface area contributed by atoms with Crippen molar-refractivity contribution in [2.45, 2.75) is 65.6 Å². The van der Waals surface area contributed by atoms with Crippen molar-refractivity contribution >= 4 is 35.6 Å². The molecule has 0 amide bonds. The van der Waals surface area contributed by atoms with E-state index in [0.717, 1.165) is 19.0 Å². The number of nitrogens with zero attached hydrogens (tertiary/aromatic N) is 3. The fourth-order valence-electron chi connectivity index (χ4n) is 3.87. The minimum Gasteiger partial charge on any atom is -0.372 e. The van der Waals surface area contributed by atoms with E-state index < -0.39 is 0 Å². The van der Waals surface area contributed by atoms with Crippen molar-refractivity contribution in [3.8, 4) is 0 Å². The molecule has 2 N–H and O–H groups in total. The Balaban J connectivity index is 0.00000392. The number of benzene rings is 1. The third kappa shape index (κ3) is 7.43. The number of hydrogen-bond acceptors (Lipinski definition) is 3. The van der Waals surface area contributed by atoms with Gasteiger partial charge in [0.05, 0.1) is 6.04 Å². The average Bonchev–Trinajstić information content (AvgIpc) is 3.18. The summed E-state index contributed by atoms with van der Waals surface area (Å²) in [6.07, 6.45) is 2.61. The van der Waals surface area contributed by atoms with Crippen LogP contribution in [0.1, 0.15) is 59.1 Å². The van der Waals surface area contributed by atoms with Gasteiger partial charge in [-0.2, -0.15) is 0 Å². The van der Waals surface area contributed by atoms with Gasteiger partial charge in [-0.3, -0.25) is 9.89 Å². The number of aliphatic imine (C=N–C) groups is 1. The maximum Gasteiger partial charge on any atom is 0.191 e. The lowest BCUT2D eigenvalue weighted by molar-refractivity contribution is 0.178. The zero-order valence-electron chi connectivity index (χ0n) is 18.5. The van der Waals surface area contributed by atoms with E-state index in [0.29, 0.717) is 12.1 Å². The second-order valence-electron chi connectivity index (χ2n) is 8.08. The second-order valence-corrected chi connectivity index (χ2v) is 8.08. The van der Waals surface area contributed by atoms with Gasteiger partial charge in [0, 0.05) is 51.0 Å². The zero-order valence-corrected chi connectivity index (χ0v) is 20.9. The van der Waals surface area contributed by atoms with E-state index in [2.05, 4.69) is 84.3 Å². The van der Waals surface area contributed by atoms with Gasteiger partial charge < -0.3 is 15.5 Å². The maximum atomic E-state index is 4.41. The molecule has 1 unspecified atom stereocenters. The van der Waals surface area contributed by atoms with Crippen LogP contribution in [0.25, 0.3) is 0 Å². The average molecular weight is 502 g/mol. The van der Waals surface area contributed by atoms with Crippen LogP contribution in [-0.4, -0.2) is 56.2 Å². The summed E-state index contributed by atoms with van der Waals surface area (Å²) in [5.41, 5.74) is 2.64. The van der Waals surface area contributed by atoms with Gasteiger partial charge in [0.15, 0.2) is 5.96 Å². The van der Waals surface area contributed by atoms with Crippen LogP contribution in [0.4, 0.5) is 5.69 Å². The van der Waals surface area contributed by atoms with Crippen molar-refractivity contribution in [1.29, 1.82) is 0 Å². The summed E-state index contributed by atoms with van der Waals surface area (Å²) in [6, 6.07) is 10.2. The van der Waals surface area contributed by atoms with Crippen LogP contribution in [0.3, 0.4) is 0 Å². The highest BCUT2D eigenvalue weighted by Crippen LogP contribution is 2.23. The molecule has 2 rings (SSSR count). The Labute approximate surface area is 189 Å². The number of nitrogens with one attached hydrogen (secondary N) is 2. The molecule has 160 valence electrons. The highest BCUT2D eigenvalue weighted by atomic mass is 127. The molecule has 28 heavy (non-hydrogen) atoms. The molecule has 1 aromatic rings. The monoisotopic (exact) mass is 501 g/mol. The fraction of sp³-hybridized carbons (Fsp3) is 0.682. The van der Waals surface area contributed by atoms with Crippen LogP contribution in [0.15, 0.2) is 29.3 Å². The lowest BCUT2D eigenvalue weighted by Crippen LogP contribution is -2.45. The van der Waals surface area contributed by atoms with Crippen LogP contribution in [0, 0.1) is 0 Å². The quantitative estimate of drug-likeness (QED) is 0.318. The van der Waals surface area contributed by atoms with Gasteiger partial charge in [0.25, 0.3) is 0 Å². The Kier molecular flexibility index (Phi) is 11.2. The topological polar surface area (TPSA) is 42.9 Å². The third-order valence-electron chi connectivity index (χ3n) is 5.41. The number of halogens is 1. The summed E-state index contributed by atoms with van der Waals surface area (Å²) >= 11 is 0. The molecule has 1 aliphatic heterocycles. The maximum absolute atomic E-state index is 4.41. The highest BCUT2D eigenvalue weighted by molar-refractivity contribution is 14.0. The molecule has 0 bridgehead atoms. The lowest BCUT2D eigenvalue weighted by Gasteiger charge is -2.30. The van der Waals surface area contributed by atoms with Gasteiger partial charge in [-0.1, -0.05) is 12.1 Å². The van der Waals surface area contributed by atoms with Gasteiger partial charge in [0.1, 0.15) is 0 Å². The summed E-state index contributed by atoms with van der Waals surface area (Å²) in [5, 5.41) is 7.00. The van der Waals surface area contributed by atoms with Crippen molar-refractivity contribution in [2.24, 2.45) is 4.99 Å². The smallest absolute Gasteiger partial charge is 0.191 e. The Morgan fingerprint density at radius 2 is 1.75 bits per heavy atom. The first-order valence-electron chi connectivity index (χ1n) is 10.5. The summed E-state index contributed by atoms with van der Waals surface area (Å²) in [7, 11) is 1.84. The van der Waals surface area contributed by atoms with Gasteiger partial charge in [-0.15, -0.1) is 24.0 Å². The predicted molar refractivity (Wildman–Crippen MR) is 133 cm³/mol. The molecule has 1 saturated heterocycles. The van der Waals surface area contributed by atoms with E-state index >= 15 is 0 Å². The molecule has 1 aromatic carbocycles. The minimum absolute atomic E-state index is 0. The van der Waals surface area contributed by atoms with Crippen LogP contribution in [0.2, 0.25) is 0 Å². The SMILES string of the molecule is CN=C(NCCN(C(C)C)C(C)C)NC(C)c1cccc(N2CCCC2)c1.I. The number of guanidine groups is 1. The fourth-order valence-corrected chi connectivity index (χ4v) is 3.87. The summed E-state index contributed by atoms with van der Waals surface area (Å²) in [5.74, 6) is 0.863. The second kappa shape index (κ2) is 12.5. The van der Waals surface area contributed by atoms with Crippen molar-refractivity contribution in [3.05, 3.63) is 29.8 Å². The Morgan fingerprint density at radius 1 is 1.11 bits per heavy atom. The van der Waals surface area contributed by atoms with Crippen molar-refractivity contribution in [2.75, 3.05) is 38.1 Å². The molecule has 1 fully saturated rings. The molecule has 0 radical (unpaired) electrons. The molecule has 5 nitrogen and oxygen atoms in total. The summed E-state index contributed by atoms with van der Waals surface area (Å²) in [6.45, 7) is 15.5. The normalized spacial score (nSPS) is 15.9. The molecule has 1 atom stereocenters. The van der Waals surface area contributed by atoms with Crippen LogP contribution < -0.4 is 15.5 Å². The Bertz CT molecular complexity index is 588. The van der Waals surface area contributed by atoms with E-state index in [4.69, 9.17) is 0 Å². The van der Waals surface area contributed by atoms with Gasteiger partial charge in [0.2, 0.25) is 0 Å². The Hall–Kier alpha value is -1.02. The predicted octanol–water partition coefficient (Wildman–Crippen LogP) is 4.25. The summed E-state index contributed by atoms with van der Waals surface area (Å²) < 4.78 is 0. The van der Waals surface area contributed by atoms with Crippen molar-refractivity contribution in [1.82, 2.24) is 15.5 Å². The molecular weight excluding hydrogens is 461 g/mol. The standard InChI is InChI=1S/C22H39N5.HI/c1-17(2)27(18(3)4)15-12-24-22(23-6)25-19(5)20-10-9-11-21(16-20)26-13-7-8-14-26;/h9-11,16-19H,7-8,12-15H2,1-6H3,(H2,23,24,25);1H. The van der Waals surface area contributed by atoms with Gasteiger partial charge >= 0.3 is 0 Å². The first kappa shape index (κ1) is 25.0. The summed E-state index contributed by atoms with van der Waals surface area (Å²) in [4.78, 5) is 9.38. The number of anilines is 1. The van der Waals surface area contributed by atoms with Crippen LogP contribution >= 0.6 is 24.0 Å². The van der Waals surface area contributed by atoms with Gasteiger partial charge in [-0.05, 0) is 65.2 Å². The van der Waals surface area contributed by atoms with E-state index in [1.54, 1.807) is 0 Å². The number of rotatable bonds is 8. The largest absolute Gasteiger partial charge is 0.372 e. The number of hydrogen-bond donors (Lipinski definition) is 2. The molecule has 0 aliphatic carbocycles. The molecule has 1 aliphatic rings. The van der Waals surface area contributed by atoms with Crippen LogP contribution in [0.5, 0.6) is 0 Å². The van der Waals surface area contributed by atoms with E-state index in [-0.39, 0.29) is 30.0 Å².